The van der Waals surface area contributed by atoms with E-state index in [4.69, 9.17) is 4.74 Å². The Morgan fingerprint density at radius 1 is 1.18 bits per heavy atom. The number of aryl methyl sites for hydroxylation is 1. The number of fused-ring (bicyclic) bond motifs is 1. The lowest BCUT2D eigenvalue weighted by molar-refractivity contribution is -0.120. The molecule has 1 atom stereocenters. The summed E-state index contributed by atoms with van der Waals surface area (Å²) in [5.74, 6) is 1.89. The van der Waals surface area contributed by atoms with Crippen LogP contribution in [0, 0.1) is 0 Å². The van der Waals surface area contributed by atoms with Gasteiger partial charge in [0.25, 0.3) is 0 Å². The normalized spacial score (nSPS) is 24.0. The monoisotopic (exact) mass is 230 g/mol. The number of Topliss-reactive ketones (excluding diaryl/α,β-unsaturated/α-hetero) is 1. The lowest BCUT2D eigenvalue weighted by Gasteiger charge is -2.27. The zero-order chi connectivity index (χ0) is 11.7. The van der Waals surface area contributed by atoms with Gasteiger partial charge in [0, 0.05) is 12.8 Å². The Labute approximate surface area is 102 Å². The molecule has 1 aliphatic heterocycles. The second-order valence-corrected chi connectivity index (χ2v) is 5.12. The summed E-state index contributed by atoms with van der Waals surface area (Å²) in [6, 6.07) is 6.41. The van der Waals surface area contributed by atoms with Crippen molar-refractivity contribution in [1.82, 2.24) is 0 Å². The maximum atomic E-state index is 11.6. The second-order valence-electron chi connectivity index (χ2n) is 5.12. The molecular formula is C15H18O2. The van der Waals surface area contributed by atoms with Crippen LogP contribution in [0.5, 0.6) is 5.75 Å². The van der Waals surface area contributed by atoms with Crippen LogP contribution in [0.2, 0.25) is 0 Å². The van der Waals surface area contributed by atoms with Gasteiger partial charge in [-0.3, -0.25) is 4.79 Å². The van der Waals surface area contributed by atoms with E-state index in [1.807, 2.05) is 0 Å². The summed E-state index contributed by atoms with van der Waals surface area (Å²) >= 11 is 0. The molecular weight excluding hydrogens is 212 g/mol. The van der Waals surface area contributed by atoms with Crippen molar-refractivity contribution in [2.75, 3.05) is 6.61 Å². The topological polar surface area (TPSA) is 26.3 Å². The number of para-hydroxylation sites is 1. The van der Waals surface area contributed by atoms with E-state index in [2.05, 4.69) is 18.2 Å². The van der Waals surface area contributed by atoms with E-state index >= 15 is 0 Å². The first-order chi connectivity index (χ1) is 8.34. The highest BCUT2D eigenvalue weighted by atomic mass is 16.5. The van der Waals surface area contributed by atoms with Gasteiger partial charge in [-0.25, -0.2) is 0 Å². The summed E-state index contributed by atoms with van der Waals surface area (Å²) in [4.78, 5) is 11.6. The molecule has 0 saturated heterocycles. The number of carbonyl (C=O) groups is 1. The summed E-state index contributed by atoms with van der Waals surface area (Å²) in [5.41, 5.74) is 2.60. The van der Waals surface area contributed by atoms with Crippen molar-refractivity contribution in [3.63, 3.8) is 0 Å². The van der Waals surface area contributed by atoms with E-state index in [0.29, 0.717) is 18.1 Å². The van der Waals surface area contributed by atoms with Crippen molar-refractivity contribution >= 4 is 5.78 Å². The molecule has 1 aliphatic carbocycles. The highest BCUT2D eigenvalue weighted by molar-refractivity contribution is 5.80. The fourth-order valence-electron chi connectivity index (χ4n) is 3.03. The van der Waals surface area contributed by atoms with E-state index < -0.39 is 0 Å². The minimum atomic E-state index is 0.393. The van der Waals surface area contributed by atoms with Gasteiger partial charge in [0.2, 0.25) is 0 Å². The molecule has 1 heterocycles. The molecule has 1 aromatic carbocycles. The third kappa shape index (κ3) is 2.08. The van der Waals surface area contributed by atoms with Crippen LogP contribution in [0.15, 0.2) is 18.2 Å². The van der Waals surface area contributed by atoms with Crippen LogP contribution in [-0.2, 0) is 11.2 Å². The summed E-state index contributed by atoms with van der Waals surface area (Å²) in [6.07, 6.45) is 5.87. The van der Waals surface area contributed by atoms with Gasteiger partial charge in [-0.1, -0.05) is 18.2 Å². The highest BCUT2D eigenvalue weighted by Crippen LogP contribution is 2.39. The van der Waals surface area contributed by atoms with E-state index in [9.17, 15) is 4.79 Å². The number of ether oxygens (including phenoxy) is 1. The van der Waals surface area contributed by atoms with Crippen molar-refractivity contribution in [2.45, 2.75) is 44.4 Å². The second kappa shape index (κ2) is 4.52. The van der Waals surface area contributed by atoms with Crippen LogP contribution in [0.4, 0.5) is 0 Å². The quantitative estimate of drug-likeness (QED) is 0.740. The summed E-state index contributed by atoms with van der Waals surface area (Å²) in [5, 5.41) is 0. The van der Waals surface area contributed by atoms with E-state index in [0.717, 1.165) is 44.5 Å². The van der Waals surface area contributed by atoms with Crippen molar-refractivity contribution < 1.29 is 9.53 Å². The number of ketones is 1. The fraction of sp³-hybridized carbons (Fsp3) is 0.533. The van der Waals surface area contributed by atoms with Crippen molar-refractivity contribution in [2.24, 2.45) is 0 Å². The van der Waals surface area contributed by atoms with E-state index in [1.165, 1.54) is 11.1 Å². The lowest BCUT2D eigenvalue weighted by Crippen LogP contribution is -2.17. The largest absolute Gasteiger partial charge is 0.493 e. The first-order valence-corrected chi connectivity index (χ1v) is 6.61. The number of benzene rings is 1. The average Bonchev–Trinajstić information content (AvgIpc) is 2.38. The molecule has 2 heteroatoms. The molecule has 1 saturated carbocycles. The molecule has 1 fully saturated rings. The van der Waals surface area contributed by atoms with E-state index in [1.54, 1.807) is 0 Å². The van der Waals surface area contributed by atoms with Gasteiger partial charge in [-0.2, -0.15) is 0 Å². The number of hydrogen-bond acceptors (Lipinski definition) is 2. The van der Waals surface area contributed by atoms with Crippen LogP contribution in [0.25, 0.3) is 0 Å². The zero-order valence-electron chi connectivity index (χ0n) is 10.1. The van der Waals surface area contributed by atoms with Gasteiger partial charge in [-0.05, 0) is 42.7 Å². The third-order valence-electron chi connectivity index (χ3n) is 3.89. The number of rotatable bonds is 1. The standard InChI is InChI=1S/C15H18O2/c16-13-7-1-5-12(10-13)14-8-2-4-11-6-3-9-17-15(11)14/h2,4,8,12H,1,3,5-7,9-10H2. The Kier molecular flexibility index (Phi) is 2.87. The maximum Gasteiger partial charge on any atom is 0.133 e. The Balaban J connectivity index is 1.94. The van der Waals surface area contributed by atoms with Gasteiger partial charge < -0.3 is 4.74 Å². The van der Waals surface area contributed by atoms with Crippen LogP contribution < -0.4 is 4.74 Å². The molecule has 0 N–H and O–H groups in total. The summed E-state index contributed by atoms with van der Waals surface area (Å²) in [7, 11) is 0. The minimum Gasteiger partial charge on any atom is -0.493 e. The molecule has 1 aromatic rings. The van der Waals surface area contributed by atoms with Gasteiger partial charge >= 0.3 is 0 Å². The predicted molar refractivity (Wildman–Crippen MR) is 66.5 cm³/mol. The van der Waals surface area contributed by atoms with Crippen LogP contribution in [0.1, 0.15) is 49.1 Å². The minimum absolute atomic E-state index is 0.393. The summed E-state index contributed by atoms with van der Waals surface area (Å²) in [6.45, 7) is 0.824. The molecule has 1 unspecified atom stereocenters. The molecule has 0 radical (unpaired) electrons. The van der Waals surface area contributed by atoms with Gasteiger partial charge in [0.1, 0.15) is 11.5 Å². The Hall–Kier alpha value is -1.31. The van der Waals surface area contributed by atoms with Crippen molar-refractivity contribution in [3.8, 4) is 5.75 Å². The molecule has 2 nitrogen and oxygen atoms in total. The first-order valence-electron chi connectivity index (χ1n) is 6.61. The molecule has 2 aliphatic rings. The molecule has 0 aromatic heterocycles. The molecule has 3 rings (SSSR count). The van der Waals surface area contributed by atoms with Crippen molar-refractivity contribution in [3.05, 3.63) is 29.3 Å². The smallest absolute Gasteiger partial charge is 0.133 e. The number of carbonyl (C=O) groups excluding carboxylic acids is 1. The van der Waals surface area contributed by atoms with Gasteiger partial charge in [0.15, 0.2) is 0 Å². The first kappa shape index (κ1) is 10.8. The van der Waals surface area contributed by atoms with Crippen LogP contribution in [-0.4, -0.2) is 12.4 Å². The summed E-state index contributed by atoms with van der Waals surface area (Å²) < 4.78 is 5.83. The van der Waals surface area contributed by atoms with Crippen molar-refractivity contribution in [1.29, 1.82) is 0 Å². The van der Waals surface area contributed by atoms with Crippen LogP contribution >= 0.6 is 0 Å². The Morgan fingerprint density at radius 3 is 3.00 bits per heavy atom. The zero-order valence-corrected chi connectivity index (χ0v) is 10.1. The Morgan fingerprint density at radius 2 is 2.12 bits per heavy atom. The average molecular weight is 230 g/mol. The Bertz CT molecular complexity index is 437. The maximum absolute atomic E-state index is 11.6. The molecule has 90 valence electrons. The van der Waals surface area contributed by atoms with Gasteiger partial charge in [0.05, 0.1) is 6.61 Å². The SMILES string of the molecule is O=C1CCCC(c2cccc3c2OCCC3)C1. The molecule has 0 bridgehead atoms. The molecule has 0 amide bonds. The molecule has 0 spiro atoms. The number of hydrogen-bond donors (Lipinski definition) is 0. The van der Waals surface area contributed by atoms with E-state index in [-0.39, 0.29) is 0 Å². The van der Waals surface area contributed by atoms with Crippen LogP contribution in [0.3, 0.4) is 0 Å². The van der Waals surface area contributed by atoms with Gasteiger partial charge in [-0.15, -0.1) is 0 Å². The third-order valence-corrected chi connectivity index (χ3v) is 3.89. The molecule has 17 heavy (non-hydrogen) atoms. The fourth-order valence-corrected chi connectivity index (χ4v) is 3.03. The highest BCUT2D eigenvalue weighted by Gasteiger charge is 2.25. The predicted octanol–water partition coefficient (Wildman–Crippen LogP) is 3.24. The lowest BCUT2D eigenvalue weighted by atomic mass is 9.82.